The molecule has 1 aromatic carbocycles. The maximum absolute atomic E-state index is 11.4. The van der Waals surface area contributed by atoms with Gasteiger partial charge in [-0.15, -0.1) is 0 Å². The summed E-state index contributed by atoms with van der Waals surface area (Å²) in [6, 6.07) is 5.10. The van der Waals surface area contributed by atoms with E-state index in [1.165, 1.54) is 33.3 Å². The number of nitrogens with zero attached hydrogens (tertiary/aromatic N) is 1. The molecule has 1 aromatic rings. The van der Waals surface area contributed by atoms with E-state index in [4.69, 9.17) is 31.1 Å². The smallest absolute Gasteiger partial charge is 0.332 e. The second kappa shape index (κ2) is 7.41. The molecular formula is C14H14ClNO4. The summed E-state index contributed by atoms with van der Waals surface area (Å²) in [6.45, 7) is 1.49. The van der Waals surface area contributed by atoms with Crippen LogP contribution in [0.25, 0.3) is 6.08 Å². The Kier molecular flexibility index (Phi) is 5.88. The van der Waals surface area contributed by atoms with Gasteiger partial charge in [0.1, 0.15) is 6.07 Å². The zero-order chi connectivity index (χ0) is 15.1. The van der Waals surface area contributed by atoms with Crippen LogP contribution in [0.1, 0.15) is 12.5 Å². The van der Waals surface area contributed by atoms with Crippen LogP contribution < -0.4 is 9.47 Å². The predicted molar refractivity (Wildman–Crippen MR) is 74.8 cm³/mol. The number of carbonyl (C=O) groups excluding carboxylic acids is 1. The van der Waals surface area contributed by atoms with Crippen LogP contribution >= 0.6 is 11.6 Å². The molecule has 1 atom stereocenters. The molecule has 0 aliphatic carbocycles. The lowest BCUT2D eigenvalue weighted by Gasteiger charge is -2.10. The first kappa shape index (κ1) is 15.9. The van der Waals surface area contributed by atoms with Crippen molar-refractivity contribution in [3.63, 3.8) is 0 Å². The van der Waals surface area contributed by atoms with Crippen molar-refractivity contribution in [3.05, 3.63) is 28.8 Å². The number of nitriles is 1. The lowest BCUT2D eigenvalue weighted by molar-refractivity contribution is -0.139. The van der Waals surface area contributed by atoms with E-state index in [0.29, 0.717) is 22.1 Å². The van der Waals surface area contributed by atoms with Gasteiger partial charge in [0.15, 0.2) is 17.6 Å². The lowest BCUT2D eigenvalue weighted by Crippen LogP contribution is -2.10. The molecule has 0 aliphatic heterocycles. The third kappa shape index (κ3) is 4.18. The zero-order valence-electron chi connectivity index (χ0n) is 11.3. The number of hydrogen-bond acceptors (Lipinski definition) is 5. The van der Waals surface area contributed by atoms with Crippen LogP contribution in [0.2, 0.25) is 5.02 Å². The number of esters is 1. The first-order chi connectivity index (χ1) is 9.51. The molecule has 0 unspecified atom stereocenters. The van der Waals surface area contributed by atoms with Gasteiger partial charge in [0.25, 0.3) is 0 Å². The van der Waals surface area contributed by atoms with Crippen LogP contribution in [0.5, 0.6) is 11.5 Å². The summed E-state index contributed by atoms with van der Waals surface area (Å²) in [6.07, 6.45) is 1.94. The third-order valence-electron chi connectivity index (χ3n) is 2.34. The summed E-state index contributed by atoms with van der Waals surface area (Å²) in [5.41, 5.74) is 0.647. The molecule has 0 heterocycles. The van der Waals surface area contributed by atoms with Crippen LogP contribution in [-0.4, -0.2) is 26.3 Å². The Hall–Kier alpha value is -2.19. The summed E-state index contributed by atoms with van der Waals surface area (Å²) in [5.74, 6) is 0.273. The van der Waals surface area contributed by atoms with E-state index in [2.05, 4.69) is 0 Å². The van der Waals surface area contributed by atoms with E-state index >= 15 is 0 Å². The SMILES string of the molecule is COc1cc(/C=C/C(=O)O[C@H](C)C#N)cc(Cl)c1OC. The van der Waals surface area contributed by atoms with Gasteiger partial charge >= 0.3 is 5.97 Å². The molecule has 6 heteroatoms. The average Bonchev–Trinajstić information content (AvgIpc) is 2.44. The summed E-state index contributed by atoms with van der Waals surface area (Å²) in [7, 11) is 2.98. The Morgan fingerprint density at radius 3 is 2.65 bits per heavy atom. The fourth-order valence-electron chi connectivity index (χ4n) is 1.44. The monoisotopic (exact) mass is 295 g/mol. The lowest BCUT2D eigenvalue weighted by atomic mass is 10.2. The molecule has 0 N–H and O–H groups in total. The highest BCUT2D eigenvalue weighted by molar-refractivity contribution is 6.32. The van der Waals surface area contributed by atoms with Crippen molar-refractivity contribution in [2.24, 2.45) is 0 Å². The number of halogens is 1. The van der Waals surface area contributed by atoms with Crippen molar-refractivity contribution in [2.75, 3.05) is 14.2 Å². The first-order valence-electron chi connectivity index (χ1n) is 5.71. The van der Waals surface area contributed by atoms with Gasteiger partial charge in [-0.25, -0.2) is 4.79 Å². The minimum Gasteiger partial charge on any atom is -0.493 e. The molecule has 0 spiro atoms. The Balaban J connectivity index is 2.91. The highest BCUT2D eigenvalue weighted by atomic mass is 35.5. The summed E-state index contributed by atoms with van der Waals surface area (Å²) < 4.78 is 15.0. The number of benzene rings is 1. The molecule has 0 radical (unpaired) electrons. The van der Waals surface area contributed by atoms with Gasteiger partial charge in [0, 0.05) is 6.08 Å². The van der Waals surface area contributed by atoms with E-state index in [-0.39, 0.29) is 0 Å². The molecule has 0 saturated carbocycles. The van der Waals surface area contributed by atoms with Gasteiger partial charge in [0.2, 0.25) is 0 Å². The fourth-order valence-corrected chi connectivity index (χ4v) is 1.73. The molecule has 0 aromatic heterocycles. The highest BCUT2D eigenvalue weighted by Crippen LogP contribution is 2.36. The van der Waals surface area contributed by atoms with E-state index in [1.807, 2.05) is 0 Å². The quantitative estimate of drug-likeness (QED) is 0.617. The third-order valence-corrected chi connectivity index (χ3v) is 2.62. The standard InChI is InChI=1S/C14H14ClNO4/c1-9(8-16)20-13(17)5-4-10-6-11(15)14(19-3)12(7-10)18-2/h4-7,9H,1-3H3/b5-4+/t9-/m1/s1. The van der Waals surface area contributed by atoms with Gasteiger partial charge < -0.3 is 14.2 Å². The van der Waals surface area contributed by atoms with E-state index in [0.717, 1.165) is 0 Å². The Labute approximate surface area is 122 Å². The number of hydrogen-bond donors (Lipinski definition) is 0. The summed E-state index contributed by atoms with van der Waals surface area (Å²) in [5, 5.41) is 8.90. The van der Waals surface area contributed by atoms with E-state index in [1.54, 1.807) is 18.2 Å². The molecule has 106 valence electrons. The molecule has 5 nitrogen and oxygen atoms in total. The molecule has 0 aliphatic rings. The van der Waals surface area contributed by atoms with Crippen molar-refractivity contribution < 1.29 is 19.0 Å². The molecule has 20 heavy (non-hydrogen) atoms. The van der Waals surface area contributed by atoms with Crippen molar-refractivity contribution in [2.45, 2.75) is 13.0 Å². The number of methoxy groups -OCH3 is 2. The number of rotatable bonds is 5. The molecule has 0 saturated heterocycles. The average molecular weight is 296 g/mol. The van der Waals surface area contributed by atoms with Gasteiger partial charge in [-0.3, -0.25) is 0 Å². The van der Waals surface area contributed by atoms with E-state index < -0.39 is 12.1 Å². The van der Waals surface area contributed by atoms with Crippen molar-refractivity contribution in [3.8, 4) is 17.6 Å². The van der Waals surface area contributed by atoms with Crippen LogP contribution in [0.15, 0.2) is 18.2 Å². The van der Waals surface area contributed by atoms with Crippen molar-refractivity contribution in [1.82, 2.24) is 0 Å². The maximum atomic E-state index is 11.4. The molecule has 0 fully saturated rings. The maximum Gasteiger partial charge on any atom is 0.332 e. The molecule has 1 rings (SSSR count). The van der Waals surface area contributed by atoms with Gasteiger partial charge in [-0.1, -0.05) is 11.6 Å². The summed E-state index contributed by atoms with van der Waals surface area (Å²) in [4.78, 5) is 11.4. The van der Waals surface area contributed by atoms with Crippen molar-refractivity contribution in [1.29, 1.82) is 5.26 Å². The molecule has 0 amide bonds. The number of carbonyl (C=O) groups is 1. The first-order valence-corrected chi connectivity index (χ1v) is 6.09. The normalized spacial score (nSPS) is 11.8. The Morgan fingerprint density at radius 1 is 1.40 bits per heavy atom. The van der Waals surface area contributed by atoms with E-state index in [9.17, 15) is 4.79 Å². The van der Waals surface area contributed by atoms with Gasteiger partial charge in [-0.2, -0.15) is 5.26 Å². The minimum absolute atomic E-state index is 0.366. The van der Waals surface area contributed by atoms with Gasteiger partial charge in [-0.05, 0) is 30.7 Å². The largest absolute Gasteiger partial charge is 0.493 e. The van der Waals surface area contributed by atoms with Crippen LogP contribution in [0, 0.1) is 11.3 Å². The van der Waals surface area contributed by atoms with Crippen LogP contribution in [0.3, 0.4) is 0 Å². The Morgan fingerprint density at radius 2 is 2.10 bits per heavy atom. The summed E-state index contributed by atoms with van der Waals surface area (Å²) >= 11 is 6.04. The molecular weight excluding hydrogens is 282 g/mol. The second-order valence-electron chi connectivity index (χ2n) is 3.78. The number of ether oxygens (including phenoxy) is 3. The van der Waals surface area contributed by atoms with Crippen LogP contribution in [-0.2, 0) is 9.53 Å². The predicted octanol–water partition coefficient (Wildman–Crippen LogP) is 2.83. The van der Waals surface area contributed by atoms with Crippen molar-refractivity contribution >= 4 is 23.6 Å². The minimum atomic E-state index is -0.791. The topological polar surface area (TPSA) is 68.5 Å². The molecule has 0 bridgehead atoms. The van der Waals surface area contributed by atoms with Crippen LogP contribution in [0.4, 0.5) is 0 Å². The van der Waals surface area contributed by atoms with Gasteiger partial charge in [0.05, 0.1) is 19.2 Å². The second-order valence-corrected chi connectivity index (χ2v) is 4.19. The zero-order valence-corrected chi connectivity index (χ0v) is 12.1. The fraction of sp³-hybridized carbons (Fsp3) is 0.286. The highest BCUT2D eigenvalue weighted by Gasteiger charge is 2.10. The Bertz CT molecular complexity index is 563.